The minimum atomic E-state index is -0.764. The summed E-state index contributed by atoms with van der Waals surface area (Å²) >= 11 is 0. The Kier molecular flexibility index (Phi) is 54.4. The summed E-state index contributed by atoms with van der Waals surface area (Å²) < 4.78 is 16.9. The first-order valence-electron chi connectivity index (χ1n) is 31.3. The molecular weight excluding hydrogens is 853 g/mol. The second-order valence-electron chi connectivity index (χ2n) is 22.4. The van der Waals surface area contributed by atoms with Crippen LogP contribution in [-0.2, 0) is 28.6 Å². The summed E-state index contributed by atoms with van der Waals surface area (Å²) in [5.41, 5.74) is 0. The second kappa shape index (κ2) is 55.7. The molecule has 0 N–H and O–H groups in total. The first-order valence-corrected chi connectivity index (χ1v) is 31.3. The van der Waals surface area contributed by atoms with Crippen LogP contribution in [0.15, 0.2) is 0 Å². The van der Waals surface area contributed by atoms with Crippen LogP contribution in [0.1, 0.15) is 356 Å². The number of hydrogen-bond acceptors (Lipinski definition) is 6. The molecule has 0 aliphatic rings. The molecular formula is C63H122O6. The number of esters is 3. The van der Waals surface area contributed by atoms with E-state index in [1.165, 1.54) is 244 Å². The van der Waals surface area contributed by atoms with Crippen LogP contribution in [0.2, 0.25) is 0 Å². The zero-order valence-corrected chi connectivity index (χ0v) is 47.5. The quantitative estimate of drug-likeness (QED) is 0.0343. The lowest BCUT2D eigenvalue weighted by atomic mass is 9.99. The molecule has 0 amide bonds. The van der Waals surface area contributed by atoms with Gasteiger partial charge in [-0.3, -0.25) is 14.4 Å². The molecule has 0 aromatic rings. The third-order valence-corrected chi connectivity index (χ3v) is 14.8. The van der Waals surface area contributed by atoms with Crippen molar-refractivity contribution in [3.63, 3.8) is 0 Å². The van der Waals surface area contributed by atoms with Crippen LogP contribution in [0.5, 0.6) is 0 Å². The van der Waals surface area contributed by atoms with Crippen molar-refractivity contribution in [3.05, 3.63) is 0 Å². The van der Waals surface area contributed by atoms with E-state index in [2.05, 4.69) is 34.6 Å². The van der Waals surface area contributed by atoms with Crippen molar-refractivity contribution in [2.75, 3.05) is 13.2 Å². The Morgan fingerprint density at radius 3 is 0.826 bits per heavy atom. The lowest BCUT2D eigenvalue weighted by molar-refractivity contribution is -0.167. The average Bonchev–Trinajstić information content (AvgIpc) is 3.34. The van der Waals surface area contributed by atoms with E-state index in [0.29, 0.717) is 19.3 Å². The molecule has 69 heavy (non-hydrogen) atoms. The van der Waals surface area contributed by atoms with Crippen molar-refractivity contribution in [2.45, 2.75) is 362 Å². The molecule has 0 heterocycles. The SMILES string of the molecule is CCCCCCCCCCCCCCCCCCCCCC(=O)OC[C@@H](COC(=O)CCCCCCCCCCCCC(C)CC)OC(=O)CCCCCCCCCCCCCCCCCC(C)C. The molecule has 0 rings (SSSR count). The van der Waals surface area contributed by atoms with Crippen LogP contribution in [0, 0.1) is 11.8 Å². The van der Waals surface area contributed by atoms with E-state index in [4.69, 9.17) is 14.2 Å². The number of unbranched alkanes of at least 4 members (excludes halogenated alkanes) is 41. The van der Waals surface area contributed by atoms with E-state index in [1.54, 1.807) is 0 Å². The summed E-state index contributed by atoms with van der Waals surface area (Å²) in [4.78, 5) is 38.3. The first kappa shape index (κ1) is 67.4. The van der Waals surface area contributed by atoms with E-state index >= 15 is 0 Å². The second-order valence-corrected chi connectivity index (χ2v) is 22.4. The zero-order valence-electron chi connectivity index (χ0n) is 47.5. The third-order valence-electron chi connectivity index (χ3n) is 14.8. The van der Waals surface area contributed by atoms with Gasteiger partial charge in [0.15, 0.2) is 6.10 Å². The van der Waals surface area contributed by atoms with Gasteiger partial charge in [0.05, 0.1) is 0 Å². The maximum absolute atomic E-state index is 12.9. The Bertz CT molecular complexity index is 1060. The topological polar surface area (TPSA) is 78.9 Å². The molecule has 6 nitrogen and oxygen atoms in total. The lowest BCUT2D eigenvalue weighted by Crippen LogP contribution is -2.30. The number of carbonyl (C=O) groups excluding carboxylic acids is 3. The summed E-state index contributed by atoms with van der Waals surface area (Å²) in [6.45, 7) is 11.5. The summed E-state index contributed by atoms with van der Waals surface area (Å²) in [5.74, 6) is 0.883. The van der Waals surface area contributed by atoms with Crippen molar-refractivity contribution < 1.29 is 28.6 Å². The van der Waals surface area contributed by atoms with Crippen LogP contribution in [0.25, 0.3) is 0 Å². The Morgan fingerprint density at radius 2 is 0.551 bits per heavy atom. The van der Waals surface area contributed by atoms with E-state index in [9.17, 15) is 14.4 Å². The number of carbonyl (C=O) groups is 3. The fourth-order valence-corrected chi connectivity index (χ4v) is 9.73. The van der Waals surface area contributed by atoms with E-state index in [0.717, 1.165) is 69.6 Å². The smallest absolute Gasteiger partial charge is 0.306 e. The van der Waals surface area contributed by atoms with Gasteiger partial charge in [-0.2, -0.15) is 0 Å². The third kappa shape index (κ3) is 55.6. The van der Waals surface area contributed by atoms with E-state index in [1.807, 2.05) is 0 Å². The maximum atomic E-state index is 12.9. The number of rotatable bonds is 57. The largest absolute Gasteiger partial charge is 0.462 e. The van der Waals surface area contributed by atoms with Crippen LogP contribution >= 0.6 is 0 Å². The molecule has 410 valence electrons. The van der Waals surface area contributed by atoms with Crippen molar-refractivity contribution in [3.8, 4) is 0 Å². The molecule has 0 fully saturated rings. The zero-order chi connectivity index (χ0) is 50.4. The fourth-order valence-electron chi connectivity index (χ4n) is 9.73. The predicted molar refractivity (Wildman–Crippen MR) is 298 cm³/mol. The molecule has 0 aromatic heterocycles. The van der Waals surface area contributed by atoms with Crippen LogP contribution in [0.3, 0.4) is 0 Å². The molecule has 0 saturated carbocycles. The highest BCUT2D eigenvalue weighted by atomic mass is 16.6. The Morgan fingerprint density at radius 1 is 0.304 bits per heavy atom. The van der Waals surface area contributed by atoms with Gasteiger partial charge in [0.2, 0.25) is 0 Å². The van der Waals surface area contributed by atoms with Crippen molar-refractivity contribution >= 4 is 17.9 Å². The van der Waals surface area contributed by atoms with Gasteiger partial charge in [-0.25, -0.2) is 0 Å². The summed E-state index contributed by atoms with van der Waals surface area (Å²) in [5, 5.41) is 0. The monoisotopic (exact) mass is 975 g/mol. The van der Waals surface area contributed by atoms with Crippen LogP contribution < -0.4 is 0 Å². The van der Waals surface area contributed by atoms with Crippen LogP contribution in [0.4, 0.5) is 0 Å². The van der Waals surface area contributed by atoms with Crippen molar-refractivity contribution in [1.29, 1.82) is 0 Å². The van der Waals surface area contributed by atoms with Crippen molar-refractivity contribution in [1.82, 2.24) is 0 Å². The highest BCUT2D eigenvalue weighted by molar-refractivity contribution is 5.71. The summed E-state index contributed by atoms with van der Waals surface area (Å²) in [6, 6.07) is 0. The van der Waals surface area contributed by atoms with Gasteiger partial charge in [0.25, 0.3) is 0 Å². The minimum absolute atomic E-state index is 0.0622. The predicted octanol–water partition coefficient (Wildman–Crippen LogP) is 20.8. The Hall–Kier alpha value is -1.59. The van der Waals surface area contributed by atoms with E-state index in [-0.39, 0.29) is 31.1 Å². The van der Waals surface area contributed by atoms with Gasteiger partial charge >= 0.3 is 17.9 Å². The molecule has 0 spiro atoms. The van der Waals surface area contributed by atoms with Gasteiger partial charge < -0.3 is 14.2 Å². The molecule has 6 heteroatoms. The first-order chi connectivity index (χ1) is 33.8. The van der Waals surface area contributed by atoms with E-state index < -0.39 is 6.10 Å². The van der Waals surface area contributed by atoms with Gasteiger partial charge in [0, 0.05) is 19.3 Å². The fraction of sp³-hybridized carbons (Fsp3) is 0.952. The van der Waals surface area contributed by atoms with Crippen molar-refractivity contribution in [2.24, 2.45) is 11.8 Å². The molecule has 2 atom stereocenters. The molecule has 0 aromatic carbocycles. The molecule has 0 saturated heterocycles. The molecule has 0 bridgehead atoms. The molecule has 0 aliphatic carbocycles. The molecule has 1 unspecified atom stereocenters. The number of ether oxygens (including phenoxy) is 3. The van der Waals surface area contributed by atoms with Gasteiger partial charge in [-0.05, 0) is 31.1 Å². The molecule has 0 aliphatic heterocycles. The van der Waals surface area contributed by atoms with Gasteiger partial charge in [-0.1, -0.05) is 317 Å². The minimum Gasteiger partial charge on any atom is -0.462 e. The summed E-state index contributed by atoms with van der Waals surface area (Å²) in [6.07, 6.45) is 60.9. The molecule has 0 radical (unpaired) electrons. The highest BCUT2D eigenvalue weighted by Crippen LogP contribution is 2.19. The Labute approximate surface area is 431 Å². The summed E-state index contributed by atoms with van der Waals surface area (Å²) in [7, 11) is 0. The average molecular weight is 976 g/mol. The standard InChI is InChI=1S/C63H122O6/c1-6-8-9-10-11-12-13-14-15-16-17-18-21-24-27-33-38-43-48-53-61(64)67-56-60(57-68-62(65)54-49-44-39-34-30-29-32-37-42-47-52-59(5)7-2)69-63(66)55-50-45-40-35-28-25-22-19-20-23-26-31-36-41-46-51-58(3)4/h58-60H,6-57H2,1-5H3/t59?,60-/m0/s1. The van der Waals surface area contributed by atoms with Crippen LogP contribution in [-0.4, -0.2) is 37.2 Å². The van der Waals surface area contributed by atoms with Gasteiger partial charge in [0.1, 0.15) is 13.2 Å². The van der Waals surface area contributed by atoms with Gasteiger partial charge in [-0.15, -0.1) is 0 Å². The normalized spacial score (nSPS) is 12.4. The lowest BCUT2D eigenvalue weighted by Gasteiger charge is -2.18. The maximum Gasteiger partial charge on any atom is 0.306 e. The number of hydrogen-bond donors (Lipinski definition) is 0. The highest BCUT2D eigenvalue weighted by Gasteiger charge is 2.19. The Balaban J connectivity index is 4.28.